The van der Waals surface area contributed by atoms with Gasteiger partial charge in [0.1, 0.15) is 5.82 Å². The number of nitrogens with one attached hydrogen (secondary N) is 2. The van der Waals surface area contributed by atoms with Crippen molar-refractivity contribution in [3.05, 3.63) is 71.5 Å². The highest BCUT2D eigenvalue weighted by molar-refractivity contribution is 5.78. The number of benzene rings is 2. The van der Waals surface area contributed by atoms with Crippen LogP contribution in [-0.4, -0.2) is 18.5 Å². The Balaban J connectivity index is 1.75. The second-order valence-corrected chi connectivity index (χ2v) is 5.62. The van der Waals surface area contributed by atoms with Crippen molar-refractivity contribution in [1.29, 1.82) is 0 Å². The second kappa shape index (κ2) is 6.71. The first-order valence-corrected chi connectivity index (χ1v) is 7.55. The zero-order chi connectivity index (χ0) is 15.4. The van der Waals surface area contributed by atoms with Crippen LogP contribution in [0.15, 0.2) is 54.6 Å². The summed E-state index contributed by atoms with van der Waals surface area (Å²) in [4.78, 5) is 11.9. The maximum Gasteiger partial charge on any atom is 0.234 e. The number of halogens is 1. The molecule has 1 atom stereocenters. The van der Waals surface area contributed by atoms with Crippen molar-refractivity contribution in [2.24, 2.45) is 0 Å². The van der Waals surface area contributed by atoms with E-state index in [4.69, 9.17) is 0 Å². The molecule has 0 aliphatic heterocycles. The summed E-state index contributed by atoms with van der Waals surface area (Å²) in [5.74, 6) is -0.289. The van der Waals surface area contributed by atoms with Crippen LogP contribution in [0.3, 0.4) is 0 Å². The molecule has 22 heavy (non-hydrogen) atoms. The third-order valence-electron chi connectivity index (χ3n) is 3.72. The fourth-order valence-electron chi connectivity index (χ4n) is 2.46. The van der Waals surface area contributed by atoms with Crippen LogP contribution < -0.4 is 10.6 Å². The van der Waals surface area contributed by atoms with Gasteiger partial charge in [0.2, 0.25) is 5.91 Å². The quantitative estimate of drug-likeness (QED) is 0.861. The molecular weight excluding hydrogens is 279 g/mol. The highest BCUT2D eigenvalue weighted by atomic mass is 19.1. The third kappa shape index (κ3) is 3.92. The highest BCUT2D eigenvalue weighted by Gasteiger charge is 2.23. The molecule has 1 fully saturated rings. The molecule has 3 nitrogen and oxygen atoms in total. The number of amides is 1. The molecule has 3 rings (SSSR count). The van der Waals surface area contributed by atoms with Gasteiger partial charge in [0, 0.05) is 6.04 Å². The summed E-state index contributed by atoms with van der Waals surface area (Å²) < 4.78 is 13.5. The molecule has 1 aliphatic carbocycles. The molecule has 1 aliphatic rings. The van der Waals surface area contributed by atoms with E-state index in [-0.39, 0.29) is 24.3 Å². The monoisotopic (exact) mass is 298 g/mol. The van der Waals surface area contributed by atoms with Gasteiger partial charge < -0.3 is 5.32 Å². The average Bonchev–Trinajstić information content (AvgIpc) is 3.32. The Morgan fingerprint density at radius 2 is 1.82 bits per heavy atom. The van der Waals surface area contributed by atoms with E-state index in [0.717, 1.165) is 24.0 Å². The lowest BCUT2D eigenvalue weighted by Gasteiger charge is -2.20. The van der Waals surface area contributed by atoms with Crippen molar-refractivity contribution < 1.29 is 9.18 Å². The van der Waals surface area contributed by atoms with Crippen LogP contribution in [0, 0.1) is 5.82 Å². The van der Waals surface area contributed by atoms with Crippen LogP contribution >= 0.6 is 0 Å². The molecular formula is C18H19FN2O. The van der Waals surface area contributed by atoms with Gasteiger partial charge in [0.15, 0.2) is 0 Å². The standard InChI is InChI=1S/C18H19FN2O/c19-15-8-4-7-14(11-15)18(13-5-2-1-3-6-13)20-12-17(22)21-16-9-10-16/h1-8,11,16,18,20H,9-10,12H2,(H,21,22). The molecule has 0 bridgehead atoms. The Hall–Kier alpha value is -2.20. The van der Waals surface area contributed by atoms with E-state index < -0.39 is 0 Å². The summed E-state index contributed by atoms with van der Waals surface area (Å²) in [5.41, 5.74) is 1.82. The normalized spacial score (nSPS) is 15.3. The highest BCUT2D eigenvalue weighted by Crippen LogP contribution is 2.22. The molecule has 1 amide bonds. The van der Waals surface area contributed by atoms with Gasteiger partial charge in [-0.15, -0.1) is 0 Å². The molecule has 0 spiro atoms. The van der Waals surface area contributed by atoms with Crippen molar-refractivity contribution in [3.63, 3.8) is 0 Å². The Morgan fingerprint density at radius 1 is 1.09 bits per heavy atom. The van der Waals surface area contributed by atoms with E-state index in [1.54, 1.807) is 6.07 Å². The van der Waals surface area contributed by atoms with Gasteiger partial charge in [-0.1, -0.05) is 42.5 Å². The van der Waals surface area contributed by atoms with Crippen molar-refractivity contribution in [3.8, 4) is 0 Å². The van der Waals surface area contributed by atoms with Gasteiger partial charge in [-0.25, -0.2) is 4.39 Å². The summed E-state index contributed by atoms with van der Waals surface area (Å²) in [5, 5.41) is 6.18. The number of hydrogen-bond acceptors (Lipinski definition) is 2. The van der Waals surface area contributed by atoms with Crippen molar-refractivity contribution >= 4 is 5.91 Å². The van der Waals surface area contributed by atoms with Gasteiger partial charge in [-0.05, 0) is 36.1 Å². The lowest BCUT2D eigenvalue weighted by Crippen LogP contribution is -2.37. The van der Waals surface area contributed by atoms with Gasteiger partial charge >= 0.3 is 0 Å². The average molecular weight is 298 g/mol. The van der Waals surface area contributed by atoms with E-state index in [2.05, 4.69) is 10.6 Å². The molecule has 1 unspecified atom stereocenters. The number of hydrogen-bond donors (Lipinski definition) is 2. The predicted molar refractivity (Wildman–Crippen MR) is 83.9 cm³/mol. The molecule has 0 radical (unpaired) electrons. The minimum atomic E-state index is -0.275. The number of rotatable bonds is 6. The fourth-order valence-corrected chi connectivity index (χ4v) is 2.46. The van der Waals surface area contributed by atoms with Gasteiger partial charge in [0.25, 0.3) is 0 Å². The number of carbonyl (C=O) groups is 1. The first kappa shape index (κ1) is 14.7. The summed E-state index contributed by atoms with van der Waals surface area (Å²) in [6, 6.07) is 16.4. The third-order valence-corrected chi connectivity index (χ3v) is 3.72. The molecule has 0 saturated heterocycles. The lowest BCUT2D eigenvalue weighted by molar-refractivity contribution is -0.120. The number of carbonyl (C=O) groups excluding carboxylic acids is 1. The summed E-state index contributed by atoms with van der Waals surface area (Å²) in [6.45, 7) is 0.215. The van der Waals surface area contributed by atoms with Crippen LogP contribution in [0.2, 0.25) is 0 Å². The van der Waals surface area contributed by atoms with Crippen molar-refractivity contribution in [1.82, 2.24) is 10.6 Å². The summed E-state index contributed by atoms with van der Waals surface area (Å²) >= 11 is 0. The predicted octanol–water partition coefficient (Wildman–Crippen LogP) is 2.78. The summed E-state index contributed by atoms with van der Waals surface area (Å²) in [7, 11) is 0. The lowest BCUT2D eigenvalue weighted by atomic mass is 9.98. The zero-order valence-electron chi connectivity index (χ0n) is 12.3. The maximum absolute atomic E-state index is 13.5. The maximum atomic E-state index is 13.5. The Labute approximate surface area is 129 Å². The van der Waals surface area contributed by atoms with Gasteiger partial charge in [-0.2, -0.15) is 0 Å². The molecule has 4 heteroatoms. The SMILES string of the molecule is O=C(CNC(c1ccccc1)c1cccc(F)c1)NC1CC1. The fraction of sp³-hybridized carbons (Fsp3) is 0.278. The van der Waals surface area contributed by atoms with Crippen molar-refractivity contribution in [2.45, 2.75) is 24.9 Å². The minimum Gasteiger partial charge on any atom is -0.352 e. The van der Waals surface area contributed by atoms with Crippen molar-refractivity contribution in [2.75, 3.05) is 6.54 Å². The van der Waals surface area contributed by atoms with E-state index >= 15 is 0 Å². The Morgan fingerprint density at radius 3 is 2.50 bits per heavy atom. The van der Waals surface area contributed by atoms with E-state index in [1.807, 2.05) is 36.4 Å². The first-order valence-electron chi connectivity index (χ1n) is 7.55. The Bertz CT molecular complexity index is 641. The van der Waals surface area contributed by atoms with Crippen LogP contribution in [0.5, 0.6) is 0 Å². The smallest absolute Gasteiger partial charge is 0.234 e. The first-order chi connectivity index (χ1) is 10.7. The Kier molecular flexibility index (Phi) is 4.49. The largest absolute Gasteiger partial charge is 0.352 e. The molecule has 2 N–H and O–H groups in total. The molecule has 1 saturated carbocycles. The van der Waals surface area contributed by atoms with Crippen LogP contribution in [0.25, 0.3) is 0 Å². The van der Waals surface area contributed by atoms with Crippen LogP contribution in [0.4, 0.5) is 4.39 Å². The zero-order valence-corrected chi connectivity index (χ0v) is 12.3. The molecule has 114 valence electrons. The van der Waals surface area contributed by atoms with Crippen LogP contribution in [0.1, 0.15) is 30.0 Å². The molecule has 0 heterocycles. The van der Waals surface area contributed by atoms with Crippen LogP contribution in [-0.2, 0) is 4.79 Å². The van der Waals surface area contributed by atoms with E-state index in [0.29, 0.717) is 6.04 Å². The second-order valence-electron chi connectivity index (χ2n) is 5.62. The molecule has 2 aromatic carbocycles. The van der Waals surface area contributed by atoms with E-state index in [9.17, 15) is 9.18 Å². The van der Waals surface area contributed by atoms with Gasteiger partial charge in [0.05, 0.1) is 12.6 Å². The minimum absolute atomic E-state index is 0.0140. The summed E-state index contributed by atoms with van der Waals surface area (Å²) in [6.07, 6.45) is 2.13. The molecule has 2 aromatic rings. The van der Waals surface area contributed by atoms with Gasteiger partial charge in [-0.3, -0.25) is 10.1 Å². The van der Waals surface area contributed by atoms with E-state index in [1.165, 1.54) is 12.1 Å². The topological polar surface area (TPSA) is 41.1 Å². The molecule has 0 aromatic heterocycles.